The third kappa shape index (κ3) is 1.81. The lowest BCUT2D eigenvalue weighted by Gasteiger charge is -2.00. The number of rotatable bonds is 2. The second-order valence-corrected chi connectivity index (χ2v) is 5.84. The smallest absolute Gasteiger partial charge is 0.240 e. The van der Waals surface area contributed by atoms with E-state index in [0.717, 1.165) is 4.70 Å². The fraction of sp³-hybridized carbons (Fsp3) is 0.125. The quantitative estimate of drug-likeness (QED) is 0.816. The third-order valence-corrected chi connectivity index (χ3v) is 4.21. The zero-order chi connectivity index (χ0) is 11.1. The van der Waals surface area contributed by atoms with Gasteiger partial charge in [-0.3, -0.25) is 0 Å². The summed E-state index contributed by atoms with van der Waals surface area (Å²) >= 11 is 1.27. The molecule has 15 heavy (non-hydrogen) atoms. The number of nitrogen functional groups attached to an aromatic ring is 1. The lowest BCUT2D eigenvalue weighted by molar-refractivity contribution is 0.588. The zero-order valence-corrected chi connectivity index (χ0v) is 9.52. The highest BCUT2D eigenvalue weighted by atomic mass is 32.2. The van der Waals surface area contributed by atoms with E-state index in [1.54, 1.807) is 12.1 Å². The summed E-state index contributed by atoms with van der Waals surface area (Å²) in [5.74, 6) is 0. The molecule has 80 valence electrons. The van der Waals surface area contributed by atoms with E-state index < -0.39 is 10.0 Å². The molecule has 3 N–H and O–H groups in total. The normalized spacial score (nSPS) is 12.1. The molecule has 0 atom stereocenters. The molecule has 0 amide bonds. The maximum absolute atomic E-state index is 11.5. The molecule has 0 aliphatic heterocycles. The van der Waals surface area contributed by atoms with Crippen LogP contribution in [0.25, 0.3) is 10.2 Å². The molecular formula is C8H9N3O2S2. The average Bonchev–Trinajstić information content (AvgIpc) is 2.56. The van der Waals surface area contributed by atoms with E-state index in [1.165, 1.54) is 24.5 Å². The highest BCUT2D eigenvalue weighted by Gasteiger charge is 2.12. The second-order valence-electron chi connectivity index (χ2n) is 2.89. The number of benzene rings is 1. The SMILES string of the molecule is CNS(=O)(=O)c1ccc2nc(N)sc2c1. The van der Waals surface area contributed by atoms with Crippen LogP contribution in [0.3, 0.4) is 0 Å². The van der Waals surface area contributed by atoms with Crippen LogP contribution >= 0.6 is 11.3 Å². The van der Waals surface area contributed by atoms with Crippen molar-refractivity contribution < 1.29 is 8.42 Å². The van der Waals surface area contributed by atoms with Gasteiger partial charge in [0, 0.05) is 0 Å². The van der Waals surface area contributed by atoms with E-state index in [2.05, 4.69) is 9.71 Å². The third-order valence-electron chi connectivity index (χ3n) is 1.96. The first-order valence-corrected chi connectivity index (χ1v) is 6.42. The van der Waals surface area contributed by atoms with Gasteiger partial charge in [-0.05, 0) is 25.2 Å². The van der Waals surface area contributed by atoms with Crippen molar-refractivity contribution >= 4 is 36.7 Å². The largest absolute Gasteiger partial charge is 0.375 e. The van der Waals surface area contributed by atoms with Crippen molar-refractivity contribution in [2.75, 3.05) is 12.8 Å². The van der Waals surface area contributed by atoms with E-state index in [1.807, 2.05) is 0 Å². The molecule has 0 unspecified atom stereocenters. The Balaban J connectivity index is 2.66. The van der Waals surface area contributed by atoms with E-state index in [0.29, 0.717) is 10.6 Å². The summed E-state index contributed by atoms with van der Waals surface area (Å²) < 4.78 is 26.0. The zero-order valence-electron chi connectivity index (χ0n) is 7.89. The molecule has 1 heterocycles. The molecule has 2 rings (SSSR count). The first-order valence-electron chi connectivity index (χ1n) is 4.12. The topological polar surface area (TPSA) is 85.1 Å². The number of anilines is 1. The van der Waals surface area contributed by atoms with E-state index in [9.17, 15) is 8.42 Å². The Bertz CT molecular complexity index is 603. The van der Waals surface area contributed by atoms with Crippen molar-refractivity contribution in [2.45, 2.75) is 4.90 Å². The van der Waals surface area contributed by atoms with Crippen LogP contribution in [0.4, 0.5) is 5.13 Å². The van der Waals surface area contributed by atoms with Crippen LogP contribution < -0.4 is 10.5 Å². The van der Waals surface area contributed by atoms with Crippen molar-refractivity contribution in [3.05, 3.63) is 18.2 Å². The van der Waals surface area contributed by atoms with E-state index >= 15 is 0 Å². The molecule has 2 aromatic rings. The van der Waals surface area contributed by atoms with Gasteiger partial charge in [0.2, 0.25) is 10.0 Å². The number of hydrogen-bond acceptors (Lipinski definition) is 5. The molecule has 1 aromatic heterocycles. The molecule has 0 radical (unpaired) electrons. The van der Waals surface area contributed by atoms with Gasteiger partial charge in [-0.15, -0.1) is 0 Å². The molecule has 7 heteroatoms. The first-order chi connectivity index (χ1) is 7.03. The molecule has 0 saturated heterocycles. The number of thiazole rings is 1. The predicted octanol–water partition coefficient (Wildman–Crippen LogP) is 0.787. The Kier molecular flexibility index (Phi) is 2.37. The minimum Gasteiger partial charge on any atom is -0.375 e. The molecule has 0 saturated carbocycles. The van der Waals surface area contributed by atoms with Crippen LogP contribution in [0, 0.1) is 0 Å². The van der Waals surface area contributed by atoms with Gasteiger partial charge in [0.15, 0.2) is 5.13 Å². The van der Waals surface area contributed by atoms with Crippen molar-refractivity contribution in [3.8, 4) is 0 Å². The summed E-state index contributed by atoms with van der Waals surface area (Å²) in [5, 5.41) is 0.434. The monoisotopic (exact) mass is 243 g/mol. The van der Waals surface area contributed by atoms with E-state index in [-0.39, 0.29) is 4.90 Å². The number of aromatic nitrogens is 1. The summed E-state index contributed by atoms with van der Waals surface area (Å²) in [6.45, 7) is 0. The Hall–Kier alpha value is -1.18. The van der Waals surface area contributed by atoms with Gasteiger partial charge < -0.3 is 5.73 Å². The standard InChI is InChI=1S/C8H9N3O2S2/c1-10-15(12,13)5-2-3-6-7(4-5)14-8(9)11-6/h2-4,10H,1H3,(H2,9,11). The highest BCUT2D eigenvalue weighted by molar-refractivity contribution is 7.89. The Morgan fingerprint density at radius 2 is 2.20 bits per heavy atom. The molecule has 5 nitrogen and oxygen atoms in total. The average molecular weight is 243 g/mol. The first kappa shape index (κ1) is 10.3. The maximum atomic E-state index is 11.5. The highest BCUT2D eigenvalue weighted by Crippen LogP contribution is 2.25. The lowest BCUT2D eigenvalue weighted by atomic mass is 10.3. The number of sulfonamides is 1. The minimum absolute atomic E-state index is 0.223. The fourth-order valence-electron chi connectivity index (χ4n) is 1.21. The number of fused-ring (bicyclic) bond motifs is 1. The second kappa shape index (κ2) is 3.44. The van der Waals surface area contributed by atoms with Crippen LogP contribution in [0.1, 0.15) is 0 Å². The van der Waals surface area contributed by atoms with Crippen LogP contribution in [-0.2, 0) is 10.0 Å². The fourth-order valence-corrected chi connectivity index (χ4v) is 2.81. The lowest BCUT2D eigenvalue weighted by Crippen LogP contribution is -2.18. The Morgan fingerprint density at radius 1 is 1.47 bits per heavy atom. The van der Waals surface area contributed by atoms with Gasteiger partial charge in [0.05, 0.1) is 15.1 Å². The van der Waals surface area contributed by atoms with Crippen LogP contribution in [0.15, 0.2) is 23.1 Å². The predicted molar refractivity (Wildman–Crippen MR) is 60.3 cm³/mol. The number of nitrogens with two attached hydrogens (primary N) is 1. The Labute approximate surface area is 91.0 Å². The van der Waals surface area contributed by atoms with Crippen molar-refractivity contribution in [1.82, 2.24) is 9.71 Å². The van der Waals surface area contributed by atoms with Gasteiger partial charge >= 0.3 is 0 Å². The summed E-state index contributed by atoms with van der Waals surface area (Å²) in [4.78, 5) is 4.27. The Morgan fingerprint density at radius 3 is 2.87 bits per heavy atom. The van der Waals surface area contributed by atoms with E-state index in [4.69, 9.17) is 5.73 Å². The summed E-state index contributed by atoms with van der Waals surface area (Å²) in [6.07, 6.45) is 0. The summed E-state index contributed by atoms with van der Waals surface area (Å²) in [7, 11) is -2.02. The van der Waals surface area contributed by atoms with Gasteiger partial charge in [-0.1, -0.05) is 11.3 Å². The molecule has 0 fully saturated rings. The summed E-state index contributed by atoms with van der Waals surface area (Å²) in [6, 6.07) is 4.72. The van der Waals surface area contributed by atoms with Gasteiger partial charge in [0.1, 0.15) is 0 Å². The number of hydrogen-bond donors (Lipinski definition) is 2. The van der Waals surface area contributed by atoms with Crippen LogP contribution in [-0.4, -0.2) is 20.4 Å². The van der Waals surface area contributed by atoms with Crippen molar-refractivity contribution in [1.29, 1.82) is 0 Å². The van der Waals surface area contributed by atoms with Gasteiger partial charge in [0.25, 0.3) is 0 Å². The van der Waals surface area contributed by atoms with Crippen LogP contribution in [0.2, 0.25) is 0 Å². The minimum atomic E-state index is -3.39. The van der Waals surface area contributed by atoms with Gasteiger partial charge in [-0.2, -0.15) is 0 Å². The molecular weight excluding hydrogens is 234 g/mol. The molecule has 0 aliphatic carbocycles. The molecule has 1 aromatic carbocycles. The van der Waals surface area contributed by atoms with Crippen molar-refractivity contribution in [2.24, 2.45) is 0 Å². The number of nitrogens with zero attached hydrogens (tertiary/aromatic N) is 1. The van der Waals surface area contributed by atoms with Crippen LogP contribution in [0.5, 0.6) is 0 Å². The van der Waals surface area contributed by atoms with Crippen molar-refractivity contribution in [3.63, 3.8) is 0 Å². The maximum Gasteiger partial charge on any atom is 0.240 e. The van der Waals surface area contributed by atoms with Gasteiger partial charge in [-0.25, -0.2) is 18.1 Å². The molecule has 0 aliphatic rings. The number of nitrogens with one attached hydrogen (secondary N) is 1. The molecule has 0 bridgehead atoms. The molecule has 0 spiro atoms. The summed E-state index contributed by atoms with van der Waals surface area (Å²) in [5.41, 5.74) is 6.24.